The smallest absolute Gasteiger partial charge is 0.294 e. The fraction of sp³-hybridized carbons (Fsp3) is 0.524. The van der Waals surface area contributed by atoms with E-state index in [1.165, 1.54) is 24.5 Å². The summed E-state index contributed by atoms with van der Waals surface area (Å²) < 4.78 is 0. The number of Topliss-reactive ketones (excluding diaryl/α,β-unsaturated/α-hetero) is 1. The van der Waals surface area contributed by atoms with Crippen molar-refractivity contribution < 1.29 is 14.7 Å². The van der Waals surface area contributed by atoms with Gasteiger partial charge in [-0.05, 0) is 68.2 Å². The second-order valence-corrected chi connectivity index (χ2v) is 7.64. The summed E-state index contributed by atoms with van der Waals surface area (Å²) in [5, 5.41) is 10.4. The Morgan fingerprint density at radius 3 is 2.52 bits per heavy atom. The highest BCUT2D eigenvalue weighted by molar-refractivity contribution is 6.16. The molecule has 1 saturated carbocycles. The van der Waals surface area contributed by atoms with Crippen molar-refractivity contribution in [3.63, 3.8) is 0 Å². The van der Waals surface area contributed by atoms with Gasteiger partial charge in [0.15, 0.2) is 11.5 Å². The SMILES string of the molecule is CC(=O)C1=C(O)C(=O)N(c2ccc3c(c2)CCC3)C1C1CCCCC1. The number of aliphatic hydroxyl groups is 1. The van der Waals surface area contributed by atoms with Crippen LogP contribution in [0.4, 0.5) is 5.69 Å². The standard InChI is InChI=1S/C21H25NO3/c1-13(23)18-19(15-6-3-2-4-7-15)22(21(25)20(18)24)17-11-10-14-8-5-9-16(14)12-17/h10-12,15,19,24H,2-9H2,1H3. The summed E-state index contributed by atoms with van der Waals surface area (Å²) in [4.78, 5) is 26.8. The second-order valence-electron chi connectivity index (χ2n) is 7.64. The summed E-state index contributed by atoms with van der Waals surface area (Å²) in [6, 6.07) is 5.86. The predicted octanol–water partition coefficient (Wildman–Crippen LogP) is 3.87. The zero-order valence-corrected chi connectivity index (χ0v) is 14.8. The summed E-state index contributed by atoms with van der Waals surface area (Å²) in [6.45, 7) is 1.46. The fourth-order valence-electron chi connectivity index (χ4n) is 4.88. The first-order valence-corrected chi connectivity index (χ1v) is 9.47. The summed E-state index contributed by atoms with van der Waals surface area (Å²) >= 11 is 0. The second kappa shape index (κ2) is 6.32. The van der Waals surface area contributed by atoms with Gasteiger partial charge in [-0.3, -0.25) is 14.5 Å². The molecule has 0 bridgehead atoms. The van der Waals surface area contributed by atoms with Gasteiger partial charge < -0.3 is 5.11 Å². The maximum atomic E-state index is 12.8. The Balaban J connectivity index is 1.76. The molecule has 1 heterocycles. The number of carbonyl (C=O) groups is 2. The number of fused-ring (bicyclic) bond motifs is 1. The molecule has 1 aromatic rings. The first-order chi connectivity index (χ1) is 12.1. The first kappa shape index (κ1) is 16.4. The van der Waals surface area contributed by atoms with Gasteiger partial charge in [-0.25, -0.2) is 0 Å². The fourth-order valence-corrected chi connectivity index (χ4v) is 4.88. The van der Waals surface area contributed by atoms with Gasteiger partial charge in [-0.1, -0.05) is 25.3 Å². The summed E-state index contributed by atoms with van der Waals surface area (Å²) in [5.41, 5.74) is 3.79. The van der Waals surface area contributed by atoms with Crippen LogP contribution in [0.2, 0.25) is 0 Å². The van der Waals surface area contributed by atoms with Crippen LogP contribution in [0.15, 0.2) is 29.5 Å². The van der Waals surface area contributed by atoms with E-state index in [0.29, 0.717) is 5.57 Å². The van der Waals surface area contributed by atoms with Gasteiger partial charge in [-0.15, -0.1) is 0 Å². The molecule has 25 heavy (non-hydrogen) atoms. The van der Waals surface area contributed by atoms with Crippen molar-refractivity contribution >= 4 is 17.4 Å². The van der Waals surface area contributed by atoms with Gasteiger partial charge in [-0.2, -0.15) is 0 Å². The molecule has 0 aromatic heterocycles. The van der Waals surface area contributed by atoms with Crippen molar-refractivity contribution in [1.82, 2.24) is 0 Å². The molecule has 1 aliphatic heterocycles. The van der Waals surface area contributed by atoms with Gasteiger partial charge in [0.1, 0.15) is 0 Å². The monoisotopic (exact) mass is 339 g/mol. The van der Waals surface area contributed by atoms with Crippen LogP contribution in [0.3, 0.4) is 0 Å². The van der Waals surface area contributed by atoms with Gasteiger partial charge >= 0.3 is 0 Å². The Kier molecular flexibility index (Phi) is 4.14. The summed E-state index contributed by atoms with van der Waals surface area (Å²) in [6.07, 6.45) is 8.75. The van der Waals surface area contributed by atoms with Crippen LogP contribution in [0, 0.1) is 5.92 Å². The molecular formula is C21H25NO3. The summed E-state index contributed by atoms with van der Waals surface area (Å²) in [7, 11) is 0. The van der Waals surface area contributed by atoms with Crippen LogP contribution in [0.5, 0.6) is 0 Å². The van der Waals surface area contributed by atoms with E-state index < -0.39 is 5.91 Å². The molecule has 2 aliphatic carbocycles. The Morgan fingerprint density at radius 1 is 1.08 bits per heavy atom. The van der Waals surface area contributed by atoms with E-state index in [0.717, 1.165) is 50.6 Å². The lowest BCUT2D eigenvalue weighted by atomic mass is 9.80. The highest BCUT2D eigenvalue weighted by Gasteiger charge is 2.46. The minimum Gasteiger partial charge on any atom is -0.503 e. The van der Waals surface area contributed by atoms with Crippen molar-refractivity contribution in [3.05, 3.63) is 40.7 Å². The molecule has 1 fully saturated rings. The van der Waals surface area contributed by atoms with E-state index in [1.54, 1.807) is 4.90 Å². The number of ketones is 1. The highest BCUT2D eigenvalue weighted by atomic mass is 16.3. The third kappa shape index (κ3) is 2.68. The molecule has 4 nitrogen and oxygen atoms in total. The third-order valence-electron chi connectivity index (χ3n) is 6.09. The highest BCUT2D eigenvalue weighted by Crippen LogP contribution is 2.41. The van der Waals surface area contributed by atoms with E-state index in [1.807, 2.05) is 6.07 Å². The van der Waals surface area contributed by atoms with Crippen molar-refractivity contribution in [2.45, 2.75) is 64.3 Å². The Morgan fingerprint density at radius 2 is 1.80 bits per heavy atom. The average molecular weight is 339 g/mol. The minimum atomic E-state index is -0.418. The molecule has 132 valence electrons. The van der Waals surface area contributed by atoms with Gasteiger partial charge in [0.2, 0.25) is 0 Å². The molecule has 1 aromatic carbocycles. The number of aryl methyl sites for hydroxylation is 2. The maximum Gasteiger partial charge on any atom is 0.294 e. The maximum absolute atomic E-state index is 12.8. The number of benzene rings is 1. The van der Waals surface area contributed by atoms with Gasteiger partial charge in [0.05, 0.1) is 11.6 Å². The molecule has 1 N–H and O–H groups in total. The Hall–Kier alpha value is -2.10. The molecular weight excluding hydrogens is 314 g/mol. The number of nitrogens with zero attached hydrogens (tertiary/aromatic N) is 1. The third-order valence-corrected chi connectivity index (χ3v) is 6.09. The lowest BCUT2D eigenvalue weighted by Gasteiger charge is -2.35. The molecule has 0 radical (unpaired) electrons. The van der Waals surface area contributed by atoms with Crippen LogP contribution in [0.25, 0.3) is 0 Å². The largest absolute Gasteiger partial charge is 0.503 e. The Labute approximate surface area is 148 Å². The minimum absolute atomic E-state index is 0.190. The van der Waals surface area contributed by atoms with Crippen LogP contribution < -0.4 is 4.90 Å². The van der Waals surface area contributed by atoms with E-state index in [4.69, 9.17) is 0 Å². The van der Waals surface area contributed by atoms with Crippen molar-refractivity contribution in [1.29, 1.82) is 0 Å². The lowest BCUT2D eigenvalue weighted by Crippen LogP contribution is -2.42. The summed E-state index contributed by atoms with van der Waals surface area (Å²) in [5.74, 6) is -0.707. The van der Waals surface area contributed by atoms with Crippen LogP contribution >= 0.6 is 0 Å². The van der Waals surface area contributed by atoms with Crippen LogP contribution in [0.1, 0.15) is 56.6 Å². The van der Waals surface area contributed by atoms with Gasteiger partial charge in [0.25, 0.3) is 5.91 Å². The van der Waals surface area contributed by atoms with E-state index in [9.17, 15) is 14.7 Å². The van der Waals surface area contributed by atoms with Crippen molar-refractivity contribution in [2.75, 3.05) is 4.90 Å². The quantitative estimate of drug-likeness (QED) is 0.909. The molecule has 0 spiro atoms. The van der Waals surface area contributed by atoms with Crippen molar-refractivity contribution in [3.8, 4) is 0 Å². The molecule has 1 unspecified atom stereocenters. The molecule has 1 amide bonds. The van der Waals surface area contributed by atoms with E-state index in [-0.39, 0.29) is 23.5 Å². The molecule has 4 heteroatoms. The number of aliphatic hydroxyl groups excluding tert-OH is 1. The number of anilines is 1. The number of carbonyl (C=O) groups excluding carboxylic acids is 2. The normalized spacial score (nSPS) is 24.1. The van der Waals surface area contributed by atoms with Crippen LogP contribution in [-0.4, -0.2) is 22.8 Å². The van der Waals surface area contributed by atoms with Crippen LogP contribution in [-0.2, 0) is 22.4 Å². The molecule has 3 aliphatic rings. The molecule has 1 atom stereocenters. The average Bonchev–Trinajstić information content (AvgIpc) is 3.18. The zero-order chi connectivity index (χ0) is 17.6. The first-order valence-electron chi connectivity index (χ1n) is 9.47. The predicted molar refractivity (Wildman–Crippen MR) is 96.7 cm³/mol. The lowest BCUT2D eigenvalue weighted by molar-refractivity contribution is -0.117. The van der Waals surface area contributed by atoms with Gasteiger partial charge in [0, 0.05) is 5.69 Å². The van der Waals surface area contributed by atoms with E-state index in [2.05, 4.69) is 12.1 Å². The van der Waals surface area contributed by atoms with Crippen molar-refractivity contribution in [2.24, 2.45) is 5.92 Å². The number of amides is 1. The zero-order valence-electron chi connectivity index (χ0n) is 14.8. The molecule has 4 rings (SSSR count). The van der Waals surface area contributed by atoms with E-state index >= 15 is 0 Å². The topological polar surface area (TPSA) is 57.6 Å². The number of rotatable bonds is 3. The Bertz CT molecular complexity index is 758. The molecule has 0 saturated heterocycles. The number of hydrogen-bond acceptors (Lipinski definition) is 3. The number of hydrogen-bond donors (Lipinski definition) is 1.